The first-order valence-electron chi connectivity index (χ1n) is 5.67. The predicted octanol–water partition coefficient (Wildman–Crippen LogP) is 2.38. The van der Waals surface area contributed by atoms with E-state index in [1.165, 1.54) is 0 Å². The van der Waals surface area contributed by atoms with Gasteiger partial charge in [0.15, 0.2) is 0 Å². The zero-order valence-electron chi connectivity index (χ0n) is 9.41. The molecule has 1 aromatic rings. The summed E-state index contributed by atoms with van der Waals surface area (Å²) in [6, 6.07) is 8.89. The highest BCUT2D eigenvalue weighted by Gasteiger charge is 2.21. The van der Waals surface area contributed by atoms with Crippen molar-refractivity contribution in [3.05, 3.63) is 48.0 Å². The molecule has 0 heterocycles. The van der Waals surface area contributed by atoms with Crippen molar-refractivity contribution in [3.63, 3.8) is 0 Å². The zero-order chi connectivity index (χ0) is 12.1. The first kappa shape index (κ1) is 11.6. The predicted molar refractivity (Wildman–Crippen MR) is 63.6 cm³/mol. The van der Waals surface area contributed by atoms with Gasteiger partial charge in [-0.2, -0.15) is 0 Å². The number of carbonyl (C=O) groups excluding carboxylic acids is 2. The Hall–Kier alpha value is -1.90. The molecule has 0 spiro atoms. The molecule has 0 amide bonds. The van der Waals surface area contributed by atoms with E-state index in [1.54, 1.807) is 24.3 Å². The number of esters is 1. The van der Waals surface area contributed by atoms with Gasteiger partial charge >= 0.3 is 5.97 Å². The Bertz CT molecular complexity index is 422. The molecular formula is C14H14O3. The summed E-state index contributed by atoms with van der Waals surface area (Å²) < 4.78 is 5.36. The molecule has 88 valence electrons. The molecule has 1 aliphatic carbocycles. The molecule has 0 bridgehead atoms. The summed E-state index contributed by atoms with van der Waals surface area (Å²) in [5.41, 5.74) is 0.546. The number of ether oxygens (including phenoxy) is 1. The summed E-state index contributed by atoms with van der Waals surface area (Å²) in [4.78, 5) is 22.4. The Morgan fingerprint density at radius 1 is 1.29 bits per heavy atom. The van der Waals surface area contributed by atoms with Crippen LogP contribution in [-0.2, 0) is 9.53 Å². The summed E-state index contributed by atoms with van der Waals surface area (Å²) in [7, 11) is 0. The van der Waals surface area contributed by atoms with Gasteiger partial charge in [-0.05, 0) is 18.6 Å². The largest absolute Gasteiger partial charge is 0.458 e. The lowest BCUT2D eigenvalue weighted by atomic mass is 9.95. The number of rotatable bonds is 3. The van der Waals surface area contributed by atoms with Gasteiger partial charge in [0.2, 0.25) is 0 Å². The van der Waals surface area contributed by atoms with Crippen LogP contribution in [0.2, 0.25) is 0 Å². The smallest absolute Gasteiger partial charge is 0.338 e. The van der Waals surface area contributed by atoms with Gasteiger partial charge in [0.05, 0.1) is 5.56 Å². The van der Waals surface area contributed by atoms with Crippen molar-refractivity contribution in [1.82, 2.24) is 0 Å². The third-order valence-corrected chi connectivity index (χ3v) is 2.78. The van der Waals surface area contributed by atoms with Crippen molar-refractivity contribution in [1.29, 1.82) is 0 Å². The summed E-state index contributed by atoms with van der Waals surface area (Å²) in [5.74, 6) is -0.451. The molecule has 0 saturated heterocycles. The standard InChI is InChI=1S/C14H14O3/c15-10-11-5-4-8-13(9-11)17-14(16)12-6-2-1-3-7-12/h1-7,10-11,13H,8-9H2. The summed E-state index contributed by atoms with van der Waals surface area (Å²) in [6.45, 7) is 0. The minimum Gasteiger partial charge on any atom is -0.458 e. The van der Waals surface area contributed by atoms with Gasteiger partial charge in [-0.3, -0.25) is 0 Å². The highest BCUT2D eigenvalue weighted by molar-refractivity contribution is 5.89. The van der Waals surface area contributed by atoms with Crippen LogP contribution in [0.25, 0.3) is 0 Å². The third kappa shape index (κ3) is 3.03. The maximum absolute atomic E-state index is 11.8. The molecule has 2 atom stereocenters. The second-order valence-electron chi connectivity index (χ2n) is 4.09. The Labute approximate surface area is 100 Å². The molecule has 0 radical (unpaired) electrons. The fraction of sp³-hybridized carbons (Fsp3) is 0.286. The van der Waals surface area contributed by atoms with Gasteiger partial charge in [0.25, 0.3) is 0 Å². The molecule has 3 heteroatoms. The normalized spacial score (nSPS) is 23.1. The van der Waals surface area contributed by atoms with Gasteiger partial charge in [-0.15, -0.1) is 0 Å². The van der Waals surface area contributed by atoms with E-state index in [2.05, 4.69) is 0 Å². The van der Waals surface area contributed by atoms with Crippen LogP contribution in [0.5, 0.6) is 0 Å². The lowest BCUT2D eigenvalue weighted by Gasteiger charge is -2.21. The molecule has 17 heavy (non-hydrogen) atoms. The van der Waals surface area contributed by atoms with Crippen molar-refractivity contribution in [2.45, 2.75) is 18.9 Å². The van der Waals surface area contributed by atoms with E-state index in [4.69, 9.17) is 4.74 Å². The van der Waals surface area contributed by atoms with Crippen LogP contribution in [0.4, 0.5) is 0 Å². The third-order valence-electron chi connectivity index (χ3n) is 2.78. The van der Waals surface area contributed by atoms with Crippen LogP contribution in [0, 0.1) is 5.92 Å². The highest BCUT2D eigenvalue weighted by atomic mass is 16.5. The second-order valence-corrected chi connectivity index (χ2v) is 4.09. The molecule has 0 N–H and O–H groups in total. The van der Waals surface area contributed by atoms with E-state index in [1.807, 2.05) is 18.2 Å². The van der Waals surface area contributed by atoms with Crippen LogP contribution in [0.3, 0.4) is 0 Å². The highest BCUT2D eigenvalue weighted by Crippen LogP contribution is 2.20. The minimum atomic E-state index is -0.324. The topological polar surface area (TPSA) is 43.4 Å². The molecule has 0 saturated carbocycles. The fourth-order valence-corrected chi connectivity index (χ4v) is 1.87. The molecule has 0 aliphatic heterocycles. The minimum absolute atomic E-state index is 0.127. The summed E-state index contributed by atoms with van der Waals surface area (Å²) in [6.07, 6.45) is 5.72. The molecule has 0 aromatic heterocycles. The number of allylic oxidation sites excluding steroid dienone is 1. The van der Waals surface area contributed by atoms with Crippen LogP contribution in [-0.4, -0.2) is 18.4 Å². The number of hydrogen-bond acceptors (Lipinski definition) is 3. The van der Waals surface area contributed by atoms with Gasteiger partial charge in [-0.25, -0.2) is 4.79 Å². The van der Waals surface area contributed by atoms with E-state index < -0.39 is 0 Å². The Kier molecular flexibility index (Phi) is 3.70. The van der Waals surface area contributed by atoms with Crippen molar-refractivity contribution < 1.29 is 14.3 Å². The maximum atomic E-state index is 11.8. The van der Waals surface area contributed by atoms with E-state index in [-0.39, 0.29) is 18.0 Å². The SMILES string of the molecule is O=CC1C=CCC(OC(=O)c2ccccc2)C1. The first-order chi connectivity index (χ1) is 8.29. The van der Waals surface area contributed by atoms with Gasteiger partial charge in [0, 0.05) is 12.3 Å². The molecule has 1 aliphatic rings. The Morgan fingerprint density at radius 2 is 2.06 bits per heavy atom. The first-order valence-corrected chi connectivity index (χ1v) is 5.67. The molecule has 1 aromatic carbocycles. The molecule has 3 nitrogen and oxygen atoms in total. The maximum Gasteiger partial charge on any atom is 0.338 e. The lowest BCUT2D eigenvalue weighted by Crippen LogP contribution is -2.23. The van der Waals surface area contributed by atoms with Crippen molar-refractivity contribution in [3.8, 4) is 0 Å². The molecule has 0 fully saturated rings. The molecular weight excluding hydrogens is 216 g/mol. The van der Waals surface area contributed by atoms with Crippen molar-refractivity contribution in [2.75, 3.05) is 0 Å². The van der Waals surface area contributed by atoms with Crippen LogP contribution in [0.15, 0.2) is 42.5 Å². The average molecular weight is 230 g/mol. The Balaban J connectivity index is 1.96. The van der Waals surface area contributed by atoms with E-state index in [9.17, 15) is 9.59 Å². The van der Waals surface area contributed by atoms with Crippen LogP contribution in [0.1, 0.15) is 23.2 Å². The monoisotopic (exact) mass is 230 g/mol. The number of carbonyl (C=O) groups is 2. The Morgan fingerprint density at radius 3 is 2.76 bits per heavy atom. The van der Waals surface area contributed by atoms with E-state index in [0.717, 1.165) is 6.29 Å². The van der Waals surface area contributed by atoms with Crippen molar-refractivity contribution >= 4 is 12.3 Å². The van der Waals surface area contributed by atoms with Gasteiger partial charge in [0.1, 0.15) is 12.4 Å². The fourth-order valence-electron chi connectivity index (χ4n) is 1.87. The van der Waals surface area contributed by atoms with E-state index >= 15 is 0 Å². The van der Waals surface area contributed by atoms with Crippen molar-refractivity contribution in [2.24, 2.45) is 5.92 Å². The lowest BCUT2D eigenvalue weighted by molar-refractivity contribution is -0.110. The molecule has 2 rings (SSSR count). The average Bonchev–Trinajstić information content (AvgIpc) is 2.40. The van der Waals surface area contributed by atoms with Gasteiger partial charge < -0.3 is 9.53 Å². The van der Waals surface area contributed by atoms with Crippen LogP contribution >= 0.6 is 0 Å². The number of hydrogen-bond donors (Lipinski definition) is 0. The quantitative estimate of drug-likeness (QED) is 0.455. The summed E-state index contributed by atoms with van der Waals surface area (Å²) in [5, 5.41) is 0. The molecule has 2 unspecified atom stereocenters. The number of benzene rings is 1. The number of aldehydes is 1. The summed E-state index contributed by atoms with van der Waals surface area (Å²) >= 11 is 0. The second kappa shape index (κ2) is 5.43. The van der Waals surface area contributed by atoms with Gasteiger partial charge in [-0.1, -0.05) is 30.4 Å². The zero-order valence-corrected chi connectivity index (χ0v) is 9.41. The van der Waals surface area contributed by atoms with Crippen LogP contribution < -0.4 is 0 Å². The van der Waals surface area contributed by atoms with E-state index in [0.29, 0.717) is 18.4 Å².